The van der Waals surface area contributed by atoms with Crippen LogP contribution in [0.25, 0.3) is 5.65 Å². The molecule has 8 rings (SSSR count). The van der Waals surface area contributed by atoms with E-state index in [4.69, 9.17) is 47.4 Å². The highest BCUT2D eigenvalue weighted by Crippen LogP contribution is 2.77. The number of carbonyl (C=O) groups is 2. The molecule has 0 unspecified atom stereocenters. The van der Waals surface area contributed by atoms with Crippen LogP contribution in [0.2, 0.25) is 0 Å². The third-order valence-electron chi connectivity index (χ3n) is 14.5. The highest BCUT2D eigenvalue weighted by molar-refractivity contribution is 6.04. The number of aryl methyl sites for hydroxylation is 1. The third kappa shape index (κ3) is 17.3. The second-order valence-corrected chi connectivity index (χ2v) is 20.0. The quantitative estimate of drug-likeness (QED) is 0.0290. The van der Waals surface area contributed by atoms with Gasteiger partial charge in [0.25, 0.3) is 5.91 Å². The van der Waals surface area contributed by atoms with E-state index in [9.17, 15) is 33.0 Å². The number of imidazole rings is 1. The minimum Gasteiger partial charge on any atom is -0.491 e. The first-order valence-corrected chi connectivity index (χ1v) is 27.6. The van der Waals surface area contributed by atoms with Crippen molar-refractivity contribution < 1.29 is 80.3 Å². The summed E-state index contributed by atoms with van der Waals surface area (Å²) >= 11 is 0. The fourth-order valence-electron chi connectivity index (χ4n) is 9.99. The molecule has 4 N–H and O–H groups in total. The number of carbonyl (C=O) groups excluding carboxylic acids is 2. The molecule has 442 valence electrons. The fourth-order valence-corrected chi connectivity index (χ4v) is 9.99. The summed E-state index contributed by atoms with van der Waals surface area (Å²) in [5, 5.41) is 25.4. The van der Waals surface area contributed by atoms with Crippen LogP contribution in [-0.2, 0) is 60.1 Å². The number of hydrogen-bond donors (Lipinski definition) is 4. The second kappa shape index (κ2) is 30.7. The predicted molar refractivity (Wildman–Crippen MR) is 290 cm³/mol. The topological polar surface area (TPSA) is 215 Å². The molecule has 81 heavy (non-hydrogen) atoms. The number of amides is 2. The van der Waals surface area contributed by atoms with E-state index in [-0.39, 0.29) is 35.2 Å². The molecule has 0 bridgehead atoms. The molecule has 3 heterocycles. The number of aliphatic hydroxyl groups is 2. The molecule has 3 aliphatic carbocycles. The molecule has 2 amide bonds. The van der Waals surface area contributed by atoms with Gasteiger partial charge in [0.2, 0.25) is 5.91 Å². The van der Waals surface area contributed by atoms with Crippen LogP contribution < -0.4 is 15.4 Å². The number of halogens is 3. The van der Waals surface area contributed by atoms with Gasteiger partial charge in [-0.05, 0) is 78.9 Å². The first kappa shape index (κ1) is 61.5. The number of piperazine rings is 1. The summed E-state index contributed by atoms with van der Waals surface area (Å²) in [4.78, 5) is 34.5. The van der Waals surface area contributed by atoms with Crippen LogP contribution in [-0.4, -0.2) is 219 Å². The van der Waals surface area contributed by atoms with E-state index in [0.29, 0.717) is 174 Å². The second-order valence-electron chi connectivity index (χ2n) is 20.0. The zero-order valence-electron chi connectivity index (χ0n) is 46.1. The first-order valence-electron chi connectivity index (χ1n) is 27.6. The Labute approximate surface area is 470 Å². The van der Waals surface area contributed by atoms with E-state index in [2.05, 4.69) is 32.4 Å². The van der Waals surface area contributed by atoms with Crippen LogP contribution in [0.3, 0.4) is 0 Å². The smallest absolute Gasteiger partial charge is 0.416 e. The van der Waals surface area contributed by atoms with E-state index in [1.165, 1.54) is 12.1 Å². The molecule has 2 aromatic heterocycles. The highest BCUT2D eigenvalue weighted by Gasteiger charge is 2.79. The van der Waals surface area contributed by atoms with Crippen LogP contribution in [0, 0.1) is 30.1 Å². The van der Waals surface area contributed by atoms with Crippen LogP contribution in [0.1, 0.15) is 44.7 Å². The standard InChI is InChI=1S/C58H75F3N6O14/c1-41-3-4-43(55(70)64-45-7-5-44(49(36-45)58(59,60)61)40-66-14-12-65(2)13-15-66)35-42(41)6-8-46-39-63-50-37-47(9-11-67(46)50)81-34-33-80-32-31-79-30-29-78-28-27-77-26-25-76-24-23-75-22-21-74-20-19-73-18-17-72-16-10-62-56(71)57-38-48-51(57)52(57)54(69)53(48)68/h3-5,7,9,11,35-37,39,52-54,68-69H,10,12-34,38,40H2,1-2H3,(H,62,71)(H,64,70)/t52-,53-,54+,57-/m0/s1. The molecular formula is C58H75F3N6O14. The molecule has 2 fully saturated rings. The Morgan fingerprint density at radius 1 is 0.716 bits per heavy atom. The van der Waals surface area contributed by atoms with Crippen molar-refractivity contribution in [3.05, 3.63) is 106 Å². The number of aliphatic hydroxyl groups excluding tert-OH is 2. The van der Waals surface area contributed by atoms with Gasteiger partial charge < -0.3 is 73.1 Å². The first-order chi connectivity index (χ1) is 39.3. The molecule has 1 saturated carbocycles. The largest absolute Gasteiger partial charge is 0.491 e. The lowest BCUT2D eigenvalue weighted by Crippen LogP contribution is -2.45. The number of likely N-dealkylation sites (N-methyl/N-ethyl adjacent to an activating group) is 1. The van der Waals surface area contributed by atoms with Crippen molar-refractivity contribution in [1.29, 1.82) is 0 Å². The lowest BCUT2D eigenvalue weighted by atomic mass is 9.76. The van der Waals surface area contributed by atoms with Gasteiger partial charge in [-0.2, -0.15) is 13.2 Å². The SMILES string of the molecule is Cc1ccc(C(=O)Nc2ccc(CN3CCN(C)CC3)c(C(F)(F)F)c2)cc1C#Cc1cnc2cc(OCCOCCOCCOCCOCCOCCOCCOCCOCCOCCNC(=O)[C@@]34CC5=C3[C@H]4[C@@H](O)[C@H]5O)ccn12. The minimum absolute atomic E-state index is 0.0584. The van der Waals surface area contributed by atoms with E-state index in [0.717, 1.165) is 35.9 Å². The maximum Gasteiger partial charge on any atom is 0.416 e. The van der Waals surface area contributed by atoms with Gasteiger partial charge in [-0.1, -0.05) is 18.1 Å². The number of benzene rings is 2. The number of aromatic nitrogens is 2. The lowest BCUT2D eigenvalue weighted by Gasteiger charge is -2.33. The number of nitrogens with one attached hydrogen (secondary N) is 2. The summed E-state index contributed by atoms with van der Waals surface area (Å²) in [5.74, 6) is 6.02. The molecule has 4 aromatic rings. The van der Waals surface area contributed by atoms with Gasteiger partial charge >= 0.3 is 6.18 Å². The van der Waals surface area contributed by atoms with Crippen molar-refractivity contribution in [1.82, 2.24) is 24.5 Å². The molecule has 20 nitrogen and oxygen atoms in total. The Balaban J connectivity index is 0.574. The number of rotatable bonds is 36. The highest BCUT2D eigenvalue weighted by atomic mass is 19.4. The summed E-state index contributed by atoms with van der Waals surface area (Å²) in [6.45, 7) is 13.3. The molecule has 4 aliphatic rings. The Morgan fingerprint density at radius 2 is 1.28 bits per heavy atom. The van der Waals surface area contributed by atoms with Crippen LogP contribution >= 0.6 is 0 Å². The molecule has 0 spiro atoms. The van der Waals surface area contributed by atoms with Gasteiger partial charge in [-0.3, -0.25) is 18.9 Å². The normalized spacial score (nSPS) is 19.6. The Kier molecular flexibility index (Phi) is 23.3. The summed E-state index contributed by atoms with van der Waals surface area (Å²) < 4.78 is 100. The van der Waals surface area contributed by atoms with E-state index < -0.39 is 35.3 Å². The lowest BCUT2D eigenvalue weighted by molar-refractivity contribution is -0.138. The van der Waals surface area contributed by atoms with Crippen LogP contribution in [0.15, 0.2) is 72.1 Å². The number of hydrogen-bond acceptors (Lipinski definition) is 17. The van der Waals surface area contributed by atoms with Gasteiger partial charge in [0.05, 0.1) is 142 Å². The summed E-state index contributed by atoms with van der Waals surface area (Å²) in [5.41, 5.74) is 3.58. The number of ether oxygens (including phenoxy) is 10. The van der Waals surface area contributed by atoms with E-state index in [1.54, 1.807) is 42.7 Å². The maximum absolute atomic E-state index is 14.2. The Bertz CT molecular complexity index is 2780. The molecule has 23 heteroatoms. The molecular weight excluding hydrogens is 1060 g/mol. The Morgan fingerprint density at radius 3 is 1.84 bits per heavy atom. The zero-order valence-corrected chi connectivity index (χ0v) is 46.1. The molecule has 4 atom stereocenters. The van der Waals surface area contributed by atoms with Crippen LogP contribution in [0.4, 0.5) is 18.9 Å². The van der Waals surface area contributed by atoms with Crippen molar-refractivity contribution >= 4 is 23.1 Å². The van der Waals surface area contributed by atoms with Crippen molar-refractivity contribution in [2.75, 3.05) is 171 Å². The van der Waals surface area contributed by atoms with Gasteiger partial charge in [0.15, 0.2) is 0 Å². The average molecular weight is 1140 g/mol. The fraction of sp³-hybridized carbons (Fsp3) is 0.569. The molecule has 2 aromatic carbocycles. The minimum atomic E-state index is -4.58. The van der Waals surface area contributed by atoms with Gasteiger partial charge in [0, 0.05) is 74.3 Å². The number of anilines is 1. The van der Waals surface area contributed by atoms with Gasteiger partial charge in [-0.25, -0.2) is 4.98 Å². The predicted octanol–water partition coefficient (Wildman–Crippen LogP) is 3.76. The van der Waals surface area contributed by atoms with Crippen molar-refractivity contribution in [2.24, 2.45) is 11.3 Å². The zero-order chi connectivity index (χ0) is 57.0. The monoisotopic (exact) mass is 1140 g/mol. The summed E-state index contributed by atoms with van der Waals surface area (Å²) in [7, 11) is 1.99. The van der Waals surface area contributed by atoms with E-state index in [1.807, 2.05) is 23.3 Å². The number of alkyl halides is 3. The molecule has 1 saturated heterocycles. The maximum atomic E-state index is 14.2. The van der Waals surface area contributed by atoms with Crippen molar-refractivity contribution in [3.63, 3.8) is 0 Å². The van der Waals surface area contributed by atoms with Crippen LogP contribution in [0.5, 0.6) is 5.75 Å². The summed E-state index contributed by atoms with van der Waals surface area (Å²) in [6, 6.07) is 12.6. The third-order valence-corrected chi connectivity index (χ3v) is 14.5. The average Bonchev–Trinajstić information content (AvgIpc) is 1.54. The molecule has 0 radical (unpaired) electrons. The summed E-state index contributed by atoms with van der Waals surface area (Å²) in [6.07, 6.45) is -2.24. The van der Waals surface area contributed by atoms with Crippen molar-refractivity contribution in [3.8, 4) is 17.6 Å². The number of fused-ring (bicyclic) bond motifs is 2. The Hall–Kier alpha value is -5.56. The number of pyridine rings is 1. The van der Waals surface area contributed by atoms with Crippen molar-refractivity contribution in [2.45, 2.75) is 38.3 Å². The van der Waals surface area contributed by atoms with E-state index >= 15 is 0 Å². The number of nitrogens with zero attached hydrogens (tertiary/aromatic N) is 4. The van der Waals surface area contributed by atoms with Gasteiger partial charge in [0.1, 0.15) is 29.8 Å². The molecule has 1 aliphatic heterocycles. The van der Waals surface area contributed by atoms with Gasteiger partial charge in [-0.15, -0.1) is 0 Å².